The molecule has 8 heteroatoms. The Morgan fingerprint density at radius 1 is 1.45 bits per heavy atom. The highest BCUT2D eigenvalue weighted by Gasteiger charge is 2.23. The number of aliphatic carboxylic acids is 1. The van der Waals surface area contributed by atoms with Gasteiger partial charge in [0.1, 0.15) is 0 Å². The van der Waals surface area contributed by atoms with Crippen LogP contribution >= 0.6 is 15.9 Å². The minimum Gasteiger partial charge on any atom is -0.481 e. The average Bonchev–Trinajstić information content (AvgIpc) is 2.79. The minimum absolute atomic E-state index is 0.0840. The number of carboxylic acid groups (broad SMARTS) is 1. The first kappa shape index (κ1) is 14.2. The van der Waals surface area contributed by atoms with Gasteiger partial charge in [0.2, 0.25) is 0 Å². The molecular weight excluding hydrogens is 332 g/mol. The number of carbonyl (C=O) groups excluding carboxylic acids is 1. The second-order valence-electron chi connectivity index (χ2n) is 4.12. The van der Waals surface area contributed by atoms with Crippen LogP contribution in [-0.4, -0.2) is 31.6 Å². The number of non-ortho nitro benzene ring substituents is 1. The van der Waals surface area contributed by atoms with Crippen molar-refractivity contribution in [2.45, 2.75) is 11.2 Å². The molecule has 2 N–H and O–H groups in total. The van der Waals surface area contributed by atoms with Crippen molar-refractivity contribution < 1.29 is 19.6 Å². The lowest BCUT2D eigenvalue weighted by Crippen LogP contribution is -2.17. The van der Waals surface area contributed by atoms with Gasteiger partial charge in [-0.2, -0.15) is 0 Å². The van der Waals surface area contributed by atoms with Gasteiger partial charge in [-0.05, 0) is 6.07 Å². The van der Waals surface area contributed by atoms with Gasteiger partial charge in [-0.3, -0.25) is 19.7 Å². The minimum atomic E-state index is -1.09. The second kappa shape index (κ2) is 5.41. The summed E-state index contributed by atoms with van der Waals surface area (Å²) >= 11 is 3.04. The van der Waals surface area contributed by atoms with Crippen LogP contribution in [0.15, 0.2) is 24.4 Å². The zero-order chi connectivity index (χ0) is 14.9. The Morgan fingerprint density at radius 3 is 2.75 bits per heavy atom. The third kappa shape index (κ3) is 2.69. The van der Waals surface area contributed by atoms with Crippen LogP contribution in [0.25, 0.3) is 10.9 Å². The Hall–Kier alpha value is -2.22. The average molecular weight is 341 g/mol. The highest BCUT2D eigenvalue weighted by Crippen LogP contribution is 2.25. The molecule has 1 aromatic heterocycles. The fourth-order valence-corrected chi connectivity index (χ4v) is 2.37. The number of carbonyl (C=O) groups is 2. The third-order valence-electron chi connectivity index (χ3n) is 2.78. The standard InChI is InChI=1S/C12H9BrN2O5/c13-9(4-11(16)17)12(18)8-5-14-10-3-6(15(19)20)1-2-7(8)10/h1-3,5,9,14H,4H2,(H,16,17). The molecule has 0 aliphatic carbocycles. The van der Waals surface area contributed by atoms with Crippen LogP contribution in [0, 0.1) is 10.1 Å². The van der Waals surface area contributed by atoms with Crippen LogP contribution in [0.3, 0.4) is 0 Å². The van der Waals surface area contributed by atoms with Crippen LogP contribution in [0.4, 0.5) is 5.69 Å². The number of aromatic amines is 1. The number of ketones is 1. The number of fused-ring (bicyclic) bond motifs is 1. The molecule has 0 amide bonds. The summed E-state index contributed by atoms with van der Waals surface area (Å²) in [5, 5.41) is 19.9. The van der Waals surface area contributed by atoms with E-state index < -0.39 is 15.7 Å². The van der Waals surface area contributed by atoms with Crippen molar-refractivity contribution in [2.75, 3.05) is 0 Å². The van der Waals surface area contributed by atoms with Crippen molar-refractivity contribution in [1.82, 2.24) is 4.98 Å². The van der Waals surface area contributed by atoms with Gasteiger partial charge in [0.15, 0.2) is 5.78 Å². The van der Waals surface area contributed by atoms with Crippen molar-refractivity contribution >= 4 is 44.3 Å². The van der Waals surface area contributed by atoms with E-state index in [9.17, 15) is 19.7 Å². The normalized spacial score (nSPS) is 12.2. The number of nitrogens with one attached hydrogen (secondary N) is 1. The highest BCUT2D eigenvalue weighted by atomic mass is 79.9. The fourth-order valence-electron chi connectivity index (χ4n) is 1.85. The first-order chi connectivity index (χ1) is 9.40. The van der Waals surface area contributed by atoms with E-state index >= 15 is 0 Å². The summed E-state index contributed by atoms with van der Waals surface area (Å²) < 4.78 is 0. The molecule has 0 radical (unpaired) electrons. The summed E-state index contributed by atoms with van der Waals surface area (Å²) in [5.41, 5.74) is 0.676. The van der Waals surface area contributed by atoms with E-state index in [1.165, 1.54) is 24.4 Å². The first-order valence-corrected chi connectivity index (χ1v) is 6.47. The Bertz CT molecular complexity index is 709. The van der Waals surface area contributed by atoms with E-state index in [-0.39, 0.29) is 17.9 Å². The molecule has 2 rings (SSSR count). The van der Waals surface area contributed by atoms with Gasteiger partial charge in [0.25, 0.3) is 5.69 Å². The summed E-state index contributed by atoms with van der Waals surface area (Å²) in [6, 6.07) is 4.09. The van der Waals surface area contributed by atoms with Crippen LogP contribution in [0.2, 0.25) is 0 Å². The van der Waals surface area contributed by atoms with E-state index in [2.05, 4.69) is 20.9 Å². The number of H-pyrrole nitrogens is 1. The number of carboxylic acids is 1. The molecule has 2 aromatic rings. The number of halogens is 1. The maximum atomic E-state index is 12.1. The first-order valence-electron chi connectivity index (χ1n) is 5.55. The number of hydrogen-bond donors (Lipinski definition) is 2. The van der Waals surface area contributed by atoms with Gasteiger partial charge in [0.05, 0.1) is 21.7 Å². The Morgan fingerprint density at radius 2 is 2.15 bits per heavy atom. The Kier molecular flexibility index (Phi) is 3.84. The smallest absolute Gasteiger partial charge is 0.304 e. The number of hydrogen-bond acceptors (Lipinski definition) is 4. The summed E-state index contributed by atoms with van der Waals surface area (Å²) in [5.74, 6) is -1.47. The molecular formula is C12H9BrN2O5. The van der Waals surface area contributed by atoms with Crippen molar-refractivity contribution in [3.8, 4) is 0 Å². The largest absolute Gasteiger partial charge is 0.481 e. The maximum Gasteiger partial charge on any atom is 0.304 e. The Labute approximate surface area is 120 Å². The van der Waals surface area contributed by atoms with Crippen LogP contribution in [-0.2, 0) is 4.79 Å². The molecule has 0 saturated heterocycles. The molecule has 0 aliphatic heterocycles. The summed E-state index contributed by atoms with van der Waals surface area (Å²) in [4.78, 5) is 34.8. The lowest BCUT2D eigenvalue weighted by molar-refractivity contribution is -0.384. The van der Waals surface area contributed by atoms with E-state index in [4.69, 9.17) is 5.11 Å². The maximum absolute atomic E-state index is 12.1. The number of nitrogens with zero attached hydrogens (tertiary/aromatic N) is 1. The van der Waals surface area contributed by atoms with Gasteiger partial charge < -0.3 is 10.1 Å². The molecule has 0 spiro atoms. The Balaban J connectivity index is 2.38. The topological polar surface area (TPSA) is 113 Å². The number of benzene rings is 1. The number of aromatic nitrogens is 1. The van der Waals surface area contributed by atoms with Crippen LogP contribution in [0.5, 0.6) is 0 Å². The van der Waals surface area contributed by atoms with E-state index in [0.29, 0.717) is 16.5 Å². The lowest BCUT2D eigenvalue weighted by atomic mass is 10.1. The highest BCUT2D eigenvalue weighted by molar-refractivity contribution is 9.10. The van der Waals surface area contributed by atoms with Crippen LogP contribution in [0.1, 0.15) is 16.8 Å². The molecule has 7 nitrogen and oxygen atoms in total. The van der Waals surface area contributed by atoms with Crippen molar-refractivity contribution in [2.24, 2.45) is 0 Å². The SMILES string of the molecule is O=C(O)CC(Br)C(=O)c1c[nH]c2cc([N+](=O)[O-])ccc12. The number of Topliss-reactive ketones (excluding diaryl/α,β-unsaturated/α-hetero) is 1. The molecule has 0 saturated carbocycles. The van der Waals surface area contributed by atoms with Crippen LogP contribution < -0.4 is 0 Å². The predicted octanol–water partition coefficient (Wildman–Crippen LogP) is 2.50. The molecule has 1 atom stereocenters. The van der Waals surface area contributed by atoms with Gasteiger partial charge >= 0.3 is 5.97 Å². The number of rotatable bonds is 5. The third-order valence-corrected chi connectivity index (χ3v) is 3.52. The molecule has 1 heterocycles. The van der Waals surface area contributed by atoms with Gasteiger partial charge in [-0.15, -0.1) is 0 Å². The summed E-state index contributed by atoms with van der Waals surface area (Å²) in [6.45, 7) is 0. The van der Waals surface area contributed by atoms with E-state index in [0.717, 1.165) is 0 Å². The predicted molar refractivity (Wildman–Crippen MR) is 74.3 cm³/mol. The van der Waals surface area contributed by atoms with E-state index in [1.807, 2.05) is 0 Å². The number of alkyl halides is 1. The zero-order valence-electron chi connectivity index (χ0n) is 10.00. The van der Waals surface area contributed by atoms with Crippen molar-refractivity contribution in [1.29, 1.82) is 0 Å². The zero-order valence-corrected chi connectivity index (χ0v) is 11.6. The molecule has 20 heavy (non-hydrogen) atoms. The van der Waals surface area contributed by atoms with Gasteiger partial charge in [0, 0.05) is 29.3 Å². The summed E-state index contributed by atoms with van der Waals surface area (Å²) in [6.07, 6.45) is 1.09. The van der Waals surface area contributed by atoms with Crippen molar-refractivity contribution in [3.63, 3.8) is 0 Å². The number of nitro groups is 1. The lowest BCUT2D eigenvalue weighted by Gasteiger charge is -2.04. The van der Waals surface area contributed by atoms with Crippen molar-refractivity contribution in [3.05, 3.63) is 40.1 Å². The molecule has 0 fully saturated rings. The molecule has 0 bridgehead atoms. The number of nitro benzene ring substituents is 1. The summed E-state index contributed by atoms with van der Waals surface area (Å²) in [7, 11) is 0. The molecule has 1 unspecified atom stereocenters. The quantitative estimate of drug-likeness (QED) is 0.375. The molecule has 0 aliphatic rings. The van der Waals surface area contributed by atoms with E-state index in [1.54, 1.807) is 0 Å². The fraction of sp³-hybridized carbons (Fsp3) is 0.167. The molecule has 1 aromatic carbocycles. The molecule has 104 valence electrons. The second-order valence-corrected chi connectivity index (χ2v) is 5.22. The van der Waals surface area contributed by atoms with Gasteiger partial charge in [-0.1, -0.05) is 15.9 Å². The monoisotopic (exact) mass is 340 g/mol. The van der Waals surface area contributed by atoms with Gasteiger partial charge in [-0.25, -0.2) is 0 Å².